The standard InChI is InChI=1S/Co.Cr.2O.Zn. The van der Waals surface area contributed by atoms with E-state index < -0.39 is 0 Å². The average Bonchev–Trinajstić information content (AvgIpc) is 1.50. The second-order valence-electron chi connectivity index (χ2n) is 0. The molecule has 5 heteroatoms. The van der Waals surface area contributed by atoms with Gasteiger partial charge in [-0.1, -0.05) is 0 Å². The Hall–Kier alpha value is 1.26. The molecule has 0 spiro atoms. The molecule has 0 saturated carbocycles. The topological polar surface area (TPSA) is 34.1 Å². The van der Waals surface area contributed by atoms with Gasteiger partial charge in [-0.25, -0.2) is 0 Å². The van der Waals surface area contributed by atoms with Gasteiger partial charge in [-0.3, -0.25) is 0 Å². The molecule has 0 unspecified atom stereocenters. The van der Waals surface area contributed by atoms with Gasteiger partial charge < -0.3 is 0 Å². The van der Waals surface area contributed by atoms with Gasteiger partial charge in [0.25, 0.3) is 0 Å². The van der Waals surface area contributed by atoms with Crippen molar-refractivity contribution in [1.82, 2.24) is 0 Å². The van der Waals surface area contributed by atoms with Crippen LogP contribution in [0.25, 0.3) is 0 Å². The van der Waals surface area contributed by atoms with E-state index in [2.05, 4.69) is 15.7 Å². The normalized spacial score (nSPS) is 1.80. The maximum atomic E-state index is 8.12. The second-order valence-corrected chi connectivity index (χ2v) is 0. The molecule has 0 aliphatic heterocycles. The van der Waals surface area contributed by atoms with E-state index in [1.807, 2.05) is 0 Å². The largest absolute Gasteiger partial charge is 0 e. The molecule has 0 N–H and O–H groups in total. The minimum absolute atomic E-state index is 0. The average molecular weight is 208 g/mol. The van der Waals surface area contributed by atoms with Crippen molar-refractivity contribution in [2.75, 3.05) is 0 Å². The Morgan fingerprint density at radius 2 is 1.20 bits per heavy atom. The van der Waals surface area contributed by atoms with E-state index in [0.717, 1.165) is 0 Å². The molecule has 0 radical (unpaired) electrons. The van der Waals surface area contributed by atoms with E-state index in [4.69, 9.17) is 7.67 Å². The molecule has 0 aliphatic carbocycles. The summed E-state index contributed by atoms with van der Waals surface area (Å²) in [5, 5.41) is 0. The first kappa shape index (κ1) is 16.3. The summed E-state index contributed by atoms with van der Waals surface area (Å²) in [6.45, 7) is 0. The third-order valence-electron chi connectivity index (χ3n) is 0. The van der Waals surface area contributed by atoms with Crippen molar-refractivity contribution in [3.63, 3.8) is 0 Å². The van der Waals surface area contributed by atoms with Crippen molar-refractivity contribution in [2.45, 2.75) is 0 Å². The first-order valence-corrected chi connectivity index (χ1v) is 1.25. The predicted octanol–water partition coefficient (Wildman–Crippen LogP) is -0.245. The number of hydrogen-bond acceptors (Lipinski definition) is 2. The van der Waals surface area contributed by atoms with Crippen LogP contribution in [-0.2, 0) is 59.0 Å². The van der Waals surface area contributed by atoms with Crippen LogP contribution in [0.15, 0.2) is 0 Å². The van der Waals surface area contributed by atoms with Gasteiger partial charge in [0, 0.05) is 19.5 Å². The second kappa shape index (κ2) is 60.0. The maximum absolute atomic E-state index is 8.12. The summed E-state index contributed by atoms with van der Waals surface area (Å²) in [7, 11) is 0. The Morgan fingerprint density at radius 3 is 1.20 bits per heavy atom. The molecule has 29 valence electrons. The van der Waals surface area contributed by atoms with Crippen molar-refractivity contribution >= 4 is 0 Å². The van der Waals surface area contributed by atoms with Crippen LogP contribution >= 0.6 is 0 Å². The van der Waals surface area contributed by atoms with Gasteiger partial charge >= 0.3 is 39.6 Å². The van der Waals surface area contributed by atoms with E-state index in [1.165, 1.54) is 16.2 Å². The van der Waals surface area contributed by atoms with Crippen LogP contribution in [0.2, 0.25) is 0 Å². The van der Waals surface area contributed by atoms with Crippen molar-refractivity contribution in [3.8, 4) is 0 Å². The van der Waals surface area contributed by atoms with Gasteiger partial charge in [-0.2, -0.15) is 0 Å². The van der Waals surface area contributed by atoms with Crippen molar-refractivity contribution < 1.29 is 59.0 Å². The first-order valence-electron chi connectivity index (χ1n) is 0.303. The summed E-state index contributed by atoms with van der Waals surface area (Å²) in [4.78, 5) is 0. The molecule has 0 aromatic rings. The molecule has 2 nitrogen and oxygen atoms in total. The fraction of sp³-hybridized carbons (Fsp3) is 0. The summed E-state index contributed by atoms with van der Waals surface area (Å²) < 4.78 is 16.1. The molecule has 0 aromatic heterocycles. The third-order valence-corrected chi connectivity index (χ3v) is 0. The Kier molecular flexibility index (Phi) is 196. The minimum atomic E-state index is 0. The van der Waals surface area contributed by atoms with Gasteiger partial charge in [0.05, 0.1) is 0 Å². The zero-order valence-electron chi connectivity index (χ0n) is 2.27. The summed E-state index contributed by atoms with van der Waals surface area (Å²) in [6.07, 6.45) is 0. The predicted molar refractivity (Wildman–Crippen MR) is 1.37 cm³/mol. The first-order chi connectivity index (χ1) is 2.00. The van der Waals surface area contributed by atoms with Crippen LogP contribution in [-0.4, -0.2) is 0 Å². The zero-order chi connectivity index (χ0) is 4.00. The van der Waals surface area contributed by atoms with E-state index in [9.17, 15) is 0 Å². The zero-order valence-corrected chi connectivity index (χ0v) is 7.55. The third kappa shape index (κ3) is 35.1. The maximum Gasteiger partial charge on any atom is 0 e. The Balaban J connectivity index is -0.0000000133. The minimum Gasteiger partial charge on any atom is 0 e. The molecule has 0 rings (SSSR count). The molecular formula is CoCrO2Zn. The van der Waals surface area contributed by atoms with Crippen LogP contribution in [0, 0.1) is 0 Å². The van der Waals surface area contributed by atoms with Crippen LogP contribution in [0.3, 0.4) is 0 Å². The molecule has 0 heterocycles. The molecule has 5 heavy (non-hydrogen) atoms. The van der Waals surface area contributed by atoms with E-state index in [-0.39, 0.29) is 19.5 Å². The SMILES string of the molecule is [O]=[Co].[O]=[Cr].[Zn]. The van der Waals surface area contributed by atoms with E-state index >= 15 is 0 Å². The van der Waals surface area contributed by atoms with Crippen molar-refractivity contribution in [3.05, 3.63) is 0 Å². The van der Waals surface area contributed by atoms with Crippen molar-refractivity contribution in [2.24, 2.45) is 0 Å². The summed E-state index contributed by atoms with van der Waals surface area (Å²) >= 11 is 3.69. The molecule has 0 atom stereocenters. The Morgan fingerprint density at radius 1 is 1.20 bits per heavy atom. The van der Waals surface area contributed by atoms with Gasteiger partial charge in [-0.15, -0.1) is 0 Å². The Labute approximate surface area is 58.9 Å². The van der Waals surface area contributed by atoms with E-state index in [0.29, 0.717) is 0 Å². The molecule has 0 amide bonds. The molecule has 0 saturated heterocycles. The van der Waals surface area contributed by atoms with Gasteiger partial charge in [0.1, 0.15) is 0 Å². The van der Waals surface area contributed by atoms with Gasteiger partial charge in [-0.05, 0) is 0 Å². The Bertz CT molecular complexity index is 11.6. The summed E-state index contributed by atoms with van der Waals surface area (Å²) in [5.74, 6) is 0. The quantitative estimate of drug-likeness (QED) is 0.515. The molecule has 0 bridgehead atoms. The van der Waals surface area contributed by atoms with Gasteiger partial charge in [0.15, 0.2) is 0 Å². The van der Waals surface area contributed by atoms with Gasteiger partial charge in [0.2, 0.25) is 0 Å². The van der Waals surface area contributed by atoms with Crippen LogP contribution in [0.5, 0.6) is 0 Å². The fourth-order valence-electron chi connectivity index (χ4n) is 0. The summed E-state index contributed by atoms with van der Waals surface area (Å²) in [5.41, 5.74) is 0. The van der Waals surface area contributed by atoms with Crippen molar-refractivity contribution in [1.29, 1.82) is 0 Å². The van der Waals surface area contributed by atoms with Crippen LogP contribution in [0.4, 0.5) is 0 Å². The fourth-order valence-corrected chi connectivity index (χ4v) is 0. The molecule has 0 aliphatic rings. The van der Waals surface area contributed by atoms with Crippen LogP contribution < -0.4 is 0 Å². The van der Waals surface area contributed by atoms with Crippen LogP contribution in [0.1, 0.15) is 0 Å². The molecule has 0 aromatic carbocycles. The smallest absolute Gasteiger partial charge is 0 e. The number of rotatable bonds is 0. The number of hydrogen-bond donors (Lipinski definition) is 0. The molecule has 0 fully saturated rings. The molecular weight excluding hydrogens is 208 g/mol. The van der Waals surface area contributed by atoms with E-state index in [1.54, 1.807) is 0 Å². The summed E-state index contributed by atoms with van der Waals surface area (Å²) in [6, 6.07) is 0. The monoisotopic (exact) mass is 207 g/mol.